The zero-order valence-corrected chi connectivity index (χ0v) is 12.1. The topological polar surface area (TPSA) is 40.5 Å². The molecule has 0 fully saturated rings. The van der Waals surface area contributed by atoms with Crippen LogP contribution >= 0.6 is 0 Å². The maximum Gasteiger partial charge on any atom is 0.115 e. The summed E-state index contributed by atoms with van der Waals surface area (Å²) in [7, 11) is 0. The molecule has 3 rings (SSSR count). The van der Waals surface area contributed by atoms with E-state index < -0.39 is 0 Å². The van der Waals surface area contributed by atoms with Crippen molar-refractivity contribution in [2.24, 2.45) is 0 Å². The van der Waals surface area contributed by atoms with Crippen molar-refractivity contribution in [3.63, 3.8) is 0 Å². The monoisotopic (exact) mass is 289 g/mol. The van der Waals surface area contributed by atoms with Gasteiger partial charge in [-0.1, -0.05) is 54.6 Å². The molecule has 22 heavy (non-hydrogen) atoms. The fraction of sp³-hybridized carbons (Fsp3) is 0.0500. The van der Waals surface area contributed by atoms with Crippen molar-refractivity contribution in [2.75, 3.05) is 0 Å². The van der Waals surface area contributed by atoms with Crippen molar-refractivity contribution >= 4 is 0 Å². The molecule has 2 heteroatoms. The van der Waals surface area contributed by atoms with Crippen molar-refractivity contribution in [1.29, 1.82) is 0 Å². The molecule has 0 bridgehead atoms. The molecule has 0 spiro atoms. The van der Waals surface area contributed by atoms with Crippen molar-refractivity contribution in [3.8, 4) is 11.5 Å². The van der Waals surface area contributed by atoms with Gasteiger partial charge < -0.3 is 10.2 Å². The Kier molecular flexibility index (Phi) is 4.10. The van der Waals surface area contributed by atoms with E-state index in [0.717, 1.165) is 23.1 Å². The van der Waals surface area contributed by atoms with E-state index in [1.54, 1.807) is 24.3 Å². The maximum absolute atomic E-state index is 9.49. The Morgan fingerprint density at radius 3 is 1.68 bits per heavy atom. The second-order valence-electron chi connectivity index (χ2n) is 5.23. The molecule has 3 aromatic carbocycles. The standard InChI is InChI=1S/C20H17O2/c21-18-10-6-15(7-11-18)14-20(16-4-2-1-3-5-16)17-8-12-19(22)13-9-17/h1-13,21-22H,14H2. The number of phenols is 2. The van der Waals surface area contributed by atoms with E-state index in [-0.39, 0.29) is 11.5 Å². The molecule has 0 atom stereocenters. The number of hydrogen-bond donors (Lipinski definition) is 2. The number of rotatable bonds is 4. The van der Waals surface area contributed by atoms with E-state index in [4.69, 9.17) is 0 Å². The fourth-order valence-electron chi connectivity index (χ4n) is 2.49. The fourth-order valence-corrected chi connectivity index (χ4v) is 2.49. The average molecular weight is 289 g/mol. The SMILES string of the molecule is Oc1ccc(C[C](c2ccccc2)c2ccc(O)cc2)cc1. The average Bonchev–Trinajstić information content (AvgIpc) is 2.56. The van der Waals surface area contributed by atoms with Crippen LogP contribution in [-0.4, -0.2) is 10.2 Å². The first-order valence-corrected chi connectivity index (χ1v) is 7.21. The predicted octanol–water partition coefficient (Wildman–Crippen LogP) is 4.31. The van der Waals surface area contributed by atoms with Gasteiger partial charge in [-0.15, -0.1) is 0 Å². The lowest BCUT2D eigenvalue weighted by atomic mass is 9.86. The van der Waals surface area contributed by atoms with Gasteiger partial charge in [-0.25, -0.2) is 0 Å². The van der Waals surface area contributed by atoms with Crippen molar-refractivity contribution in [2.45, 2.75) is 6.42 Å². The summed E-state index contributed by atoms with van der Waals surface area (Å²) >= 11 is 0. The van der Waals surface area contributed by atoms with Gasteiger partial charge in [0.05, 0.1) is 0 Å². The lowest BCUT2D eigenvalue weighted by molar-refractivity contribution is 0.474. The zero-order valence-electron chi connectivity index (χ0n) is 12.1. The third kappa shape index (κ3) is 3.29. The minimum atomic E-state index is 0.265. The zero-order chi connectivity index (χ0) is 15.4. The van der Waals surface area contributed by atoms with Crippen LogP contribution in [0, 0.1) is 5.92 Å². The highest BCUT2D eigenvalue weighted by molar-refractivity contribution is 5.49. The molecule has 0 aliphatic rings. The van der Waals surface area contributed by atoms with E-state index in [0.29, 0.717) is 0 Å². The summed E-state index contributed by atoms with van der Waals surface area (Å²) < 4.78 is 0. The second-order valence-corrected chi connectivity index (χ2v) is 5.23. The van der Waals surface area contributed by atoms with Crippen molar-refractivity contribution in [3.05, 3.63) is 101 Å². The molecule has 0 aliphatic heterocycles. The Morgan fingerprint density at radius 1 is 0.591 bits per heavy atom. The Bertz CT molecular complexity index is 716. The van der Waals surface area contributed by atoms with Gasteiger partial charge in [0.2, 0.25) is 0 Å². The summed E-state index contributed by atoms with van der Waals surface area (Å²) in [5, 5.41) is 18.9. The highest BCUT2D eigenvalue weighted by Gasteiger charge is 2.15. The third-order valence-corrected chi connectivity index (χ3v) is 3.66. The van der Waals surface area contributed by atoms with Crippen LogP contribution in [0.3, 0.4) is 0 Å². The molecule has 3 aromatic rings. The van der Waals surface area contributed by atoms with Gasteiger partial charge in [0.1, 0.15) is 11.5 Å². The number of aromatic hydroxyl groups is 2. The Labute approximate surface area is 130 Å². The first-order valence-electron chi connectivity index (χ1n) is 7.21. The predicted molar refractivity (Wildman–Crippen MR) is 87.8 cm³/mol. The van der Waals surface area contributed by atoms with Crippen molar-refractivity contribution < 1.29 is 10.2 Å². The first-order chi connectivity index (χ1) is 10.7. The molecule has 0 aromatic heterocycles. The molecule has 0 amide bonds. The highest BCUT2D eigenvalue weighted by Crippen LogP contribution is 2.29. The molecule has 0 saturated heterocycles. The van der Waals surface area contributed by atoms with Crippen LogP contribution in [0.2, 0.25) is 0 Å². The third-order valence-electron chi connectivity index (χ3n) is 3.66. The molecule has 0 unspecified atom stereocenters. The van der Waals surface area contributed by atoms with Crippen LogP contribution < -0.4 is 0 Å². The summed E-state index contributed by atoms with van der Waals surface area (Å²) in [6.07, 6.45) is 0.759. The van der Waals surface area contributed by atoms with Gasteiger partial charge in [0.15, 0.2) is 0 Å². The highest BCUT2D eigenvalue weighted by atomic mass is 16.3. The van der Waals surface area contributed by atoms with Gasteiger partial charge in [-0.2, -0.15) is 0 Å². The lowest BCUT2D eigenvalue weighted by Gasteiger charge is -2.17. The quantitative estimate of drug-likeness (QED) is 0.751. The number of hydrogen-bond acceptors (Lipinski definition) is 2. The molecular formula is C20H17O2. The molecule has 2 N–H and O–H groups in total. The van der Waals surface area contributed by atoms with Gasteiger partial charge in [-0.3, -0.25) is 0 Å². The molecule has 109 valence electrons. The van der Waals surface area contributed by atoms with Gasteiger partial charge >= 0.3 is 0 Å². The molecule has 1 radical (unpaired) electrons. The molecule has 0 aliphatic carbocycles. The Hall–Kier alpha value is -2.74. The van der Waals surface area contributed by atoms with Crippen LogP contribution in [0.1, 0.15) is 16.7 Å². The normalized spacial score (nSPS) is 10.8. The molecular weight excluding hydrogens is 272 g/mol. The van der Waals surface area contributed by atoms with Gasteiger partial charge in [0, 0.05) is 5.92 Å². The Morgan fingerprint density at radius 2 is 1.09 bits per heavy atom. The van der Waals surface area contributed by atoms with E-state index in [2.05, 4.69) is 12.1 Å². The van der Waals surface area contributed by atoms with Crippen LogP contribution in [0.25, 0.3) is 0 Å². The summed E-state index contributed by atoms with van der Waals surface area (Å²) in [4.78, 5) is 0. The van der Waals surface area contributed by atoms with Crippen LogP contribution in [0.5, 0.6) is 11.5 Å². The molecule has 2 nitrogen and oxygen atoms in total. The minimum Gasteiger partial charge on any atom is -0.508 e. The number of benzene rings is 3. The summed E-state index contributed by atoms with van der Waals surface area (Å²) in [5.74, 6) is 1.72. The maximum atomic E-state index is 9.49. The van der Waals surface area contributed by atoms with Crippen molar-refractivity contribution in [1.82, 2.24) is 0 Å². The van der Waals surface area contributed by atoms with E-state index in [1.807, 2.05) is 42.5 Å². The van der Waals surface area contributed by atoms with Crippen LogP contribution in [0.4, 0.5) is 0 Å². The Balaban J connectivity index is 1.96. The minimum absolute atomic E-state index is 0.265. The lowest BCUT2D eigenvalue weighted by Crippen LogP contribution is -2.06. The van der Waals surface area contributed by atoms with E-state index in [9.17, 15) is 10.2 Å². The smallest absolute Gasteiger partial charge is 0.115 e. The molecule has 0 heterocycles. The summed E-state index contributed by atoms with van der Waals surface area (Å²) in [6.45, 7) is 0. The molecule has 0 saturated carbocycles. The van der Waals surface area contributed by atoms with Gasteiger partial charge in [-0.05, 0) is 47.4 Å². The number of phenolic OH excluding ortho intramolecular Hbond substituents is 2. The summed E-state index contributed by atoms with van der Waals surface area (Å²) in [5.41, 5.74) is 3.36. The van der Waals surface area contributed by atoms with Gasteiger partial charge in [0.25, 0.3) is 0 Å². The summed E-state index contributed by atoms with van der Waals surface area (Å²) in [6, 6.07) is 24.7. The van der Waals surface area contributed by atoms with Crippen LogP contribution in [-0.2, 0) is 6.42 Å². The second kappa shape index (κ2) is 6.35. The first kappa shape index (κ1) is 14.2. The van der Waals surface area contributed by atoms with Crippen LogP contribution in [0.15, 0.2) is 78.9 Å². The van der Waals surface area contributed by atoms with E-state index >= 15 is 0 Å². The largest absolute Gasteiger partial charge is 0.508 e. The van der Waals surface area contributed by atoms with E-state index in [1.165, 1.54) is 5.92 Å².